The maximum Gasteiger partial charge on any atom is 0.292 e. The predicted octanol–water partition coefficient (Wildman–Crippen LogP) is 6.66. The fourth-order valence-corrected chi connectivity index (χ4v) is 7.38. The molecule has 3 heteroatoms. The fraction of sp³-hybridized carbons (Fsp3) is 0.895. The first-order chi connectivity index (χ1) is 10.6. The molecule has 0 N–H and O–H groups in total. The Bertz CT molecular complexity index is 240. The molecule has 0 unspecified atom stereocenters. The molecule has 0 fully saturated rings. The molecule has 131 valence electrons. The average molecular weight is 328 g/mol. The Labute approximate surface area is 140 Å². The van der Waals surface area contributed by atoms with Crippen LogP contribution in [0.1, 0.15) is 91.4 Å². The molecular weight excluding hydrogens is 288 g/mol. The summed E-state index contributed by atoms with van der Waals surface area (Å²) in [6.07, 6.45) is 12.4. The van der Waals surface area contributed by atoms with E-state index in [4.69, 9.17) is 4.43 Å². The summed E-state index contributed by atoms with van der Waals surface area (Å²) in [5.41, 5.74) is 0. The van der Waals surface area contributed by atoms with Crippen LogP contribution in [-0.2, 0) is 9.22 Å². The first-order valence-corrected chi connectivity index (χ1v) is 12.2. The molecule has 0 saturated heterocycles. The van der Waals surface area contributed by atoms with Crippen molar-refractivity contribution in [2.24, 2.45) is 0 Å². The second-order valence-corrected chi connectivity index (χ2v) is 10.7. The molecule has 0 amide bonds. The van der Waals surface area contributed by atoms with Crippen molar-refractivity contribution in [3.8, 4) is 0 Å². The standard InChI is InChI=1S/C19H39O2Si/c1-5-9-12-16-22(17-13-10-6-2,18-14-11-7-3)21-19(20)15-8-4/h4-18H2,1-3H3. The van der Waals surface area contributed by atoms with Gasteiger partial charge in [0.15, 0.2) is 0 Å². The number of rotatable bonds is 15. The molecule has 1 radical (unpaired) electrons. The van der Waals surface area contributed by atoms with Crippen LogP contribution >= 0.6 is 0 Å². The topological polar surface area (TPSA) is 26.3 Å². The summed E-state index contributed by atoms with van der Waals surface area (Å²) in [5, 5.41) is 0. The van der Waals surface area contributed by atoms with E-state index in [1.54, 1.807) is 0 Å². The van der Waals surface area contributed by atoms with Gasteiger partial charge >= 0.3 is 0 Å². The van der Waals surface area contributed by atoms with Crippen LogP contribution in [-0.4, -0.2) is 14.3 Å². The maximum absolute atomic E-state index is 12.1. The van der Waals surface area contributed by atoms with Crippen LogP contribution in [0.25, 0.3) is 0 Å². The van der Waals surface area contributed by atoms with Gasteiger partial charge in [-0.2, -0.15) is 0 Å². The third-order valence-electron chi connectivity index (χ3n) is 4.42. The van der Waals surface area contributed by atoms with Gasteiger partial charge in [-0.25, -0.2) is 0 Å². The van der Waals surface area contributed by atoms with E-state index in [-0.39, 0.29) is 5.97 Å². The zero-order valence-corrected chi connectivity index (χ0v) is 16.4. The summed E-state index contributed by atoms with van der Waals surface area (Å²) < 4.78 is 6.18. The summed E-state index contributed by atoms with van der Waals surface area (Å²) in [6.45, 7) is 10.5. The van der Waals surface area contributed by atoms with E-state index in [0.717, 1.165) is 0 Å². The maximum atomic E-state index is 12.1. The van der Waals surface area contributed by atoms with Gasteiger partial charge in [0.25, 0.3) is 14.3 Å². The smallest absolute Gasteiger partial charge is 0.292 e. The van der Waals surface area contributed by atoms with Crippen molar-refractivity contribution in [1.82, 2.24) is 0 Å². The minimum Gasteiger partial charge on any atom is -0.519 e. The molecule has 0 aliphatic rings. The van der Waals surface area contributed by atoms with Gasteiger partial charge in [-0.05, 0) is 24.6 Å². The van der Waals surface area contributed by atoms with Gasteiger partial charge in [-0.3, -0.25) is 4.79 Å². The van der Waals surface area contributed by atoms with Crippen LogP contribution in [0.3, 0.4) is 0 Å². The highest BCUT2D eigenvalue weighted by Gasteiger charge is 2.36. The second kappa shape index (κ2) is 14.3. The predicted molar refractivity (Wildman–Crippen MR) is 99.4 cm³/mol. The van der Waals surface area contributed by atoms with E-state index in [2.05, 4.69) is 27.7 Å². The molecular formula is C19H39O2Si. The minimum absolute atomic E-state index is 0.0196. The van der Waals surface area contributed by atoms with Gasteiger partial charge in [-0.1, -0.05) is 85.5 Å². The van der Waals surface area contributed by atoms with Crippen LogP contribution in [0, 0.1) is 6.92 Å². The molecule has 0 heterocycles. The van der Waals surface area contributed by atoms with Crippen LogP contribution in [0.2, 0.25) is 18.1 Å². The summed E-state index contributed by atoms with van der Waals surface area (Å²) in [7, 11) is -1.88. The van der Waals surface area contributed by atoms with Crippen LogP contribution in [0.5, 0.6) is 0 Å². The zero-order chi connectivity index (χ0) is 16.7. The van der Waals surface area contributed by atoms with Crippen molar-refractivity contribution in [2.45, 2.75) is 110 Å². The van der Waals surface area contributed by atoms with Gasteiger partial charge in [0.05, 0.1) is 0 Å². The van der Waals surface area contributed by atoms with Crippen LogP contribution < -0.4 is 0 Å². The number of hydrogen-bond donors (Lipinski definition) is 0. The molecule has 0 bridgehead atoms. The monoisotopic (exact) mass is 327 g/mol. The highest BCUT2D eigenvalue weighted by Crippen LogP contribution is 2.31. The lowest BCUT2D eigenvalue weighted by atomic mass is 10.3. The lowest BCUT2D eigenvalue weighted by Gasteiger charge is -2.31. The Morgan fingerprint density at radius 2 is 1.23 bits per heavy atom. The van der Waals surface area contributed by atoms with Gasteiger partial charge in [0.2, 0.25) is 0 Å². The number of hydrogen-bond acceptors (Lipinski definition) is 2. The molecule has 0 aliphatic carbocycles. The number of unbranched alkanes of at least 4 members (excludes halogenated alkanes) is 6. The highest BCUT2D eigenvalue weighted by molar-refractivity contribution is 6.75. The van der Waals surface area contributed by atoms with E-state index < -0.39 is 8.32 Å². The third-order valence-corrected chi connectivity index (χ3v) is 8.87. The zero-order valence-electron chi connectivity index (χ0n) is 15.4. The van der Waals surface area contributed by atoms with Crippen molar-refractivity contribution < 1.29 is 9.22 Å². The normalized spacial score (nSPS) is 11.6. The highest BCUT2D eigenvalue weighted by atomic mass is 28.4. The lowest BCUT2D eigenvalue weighted by Crippen LogP contribution is -2.40. The van der Waals surface area contributed by atoms with Gasteiger partial charge in [0, 0.05) is 6.42 Å². The van der Waals surface area contributed by atoms with Gasteiger partial charge in [-0.15, -0.1) is 0 Å². The lowest BCUT2D eigenvalue weighted by molar-refractivity contribution is -0.135. The van der Waals surface area contributed by atoms with E-state index in [0.29, 0.717) is 12.8 Å². The largest absolute Gasteiger partial charge is 0.519 e. The Morgan fingerprint density at radius 3 is 1.55 bits per heavy atom. The van der Waals surface area contributed by atoms with Crippen molar-refractivity contribution in [2.75, 3.05) is 0 Å². The summed E-state index contributed by atoms with van der Waals surface area (Å²) in [6, 6.07) is 3.53. The molecule has 0 spiro atoms. The summed E-state index contributed by atoms with van der Waals surface area (Å²) in [5.74, 6) is 0.0196. The number of carbonyl (C=O) groups is 1. The van der Waals surface area contributed by atoms with Crippen molar-refractivity contribution in [3.05, 3.63) is 6.92 Å². The van der Waals surface area contributed by atoms with E-state index in [1.807, 2.05) is 0 Å². The van der Waals surface area contributed by atoms with Crippen LogP contribution in [0.15, 0.2) is 0 Å². The summed E-state index contributed by atoms with van der Waals surface area (Å²) in [4.78, 5) is 12.1. The average Bonchev–Trinajstić information content (AvgIpc) is 2.48. The molecule has 0 aromatic heterocycles. The van der Waals surface area contributed by atoms with E-state index >= 15 is 0 Å². The van der Waals surface area contributed by atoms with E-state index in [1.165, 1.54) is 75.9 Å². The quantitative estimate of drug-likeness (QED) is 0.248. The van der Waals surface area contributed by atoms with Crippen molar-refractivity contribution >= 4 is 14.3 Å². The molecule has 0 aliphatic heterocycles. The molecule has 22 heavy (non-hydrogen) atoms. The molecule has 0 saturated carbocycles. The van der Waals surface area contributed by atoms with Crippen molar-refractivity contribution in [1.29, 1.82) is 0 Å². The summed E-state index contributed by atoms with van der Waals surface area (Å²) >= 11 is 0. The Hall–Kier alpha value is -0.313. The molecule has 0 atom stereocenters. The second-order valence-electron chi connectivity index (χ2n) is 6.63. The molecule has 0 aromatic carbocycles. The van der Waals surface area contributed by atoms with Gasteiger partial charge in [0.1, 0.15) is 0 Å². The molecule has 0 aromatic rings. The Balaban J connectivity index is 4.79. The number of carbonyl (C=O) groups excluding carboxylic acids is 1. The Kier molecular flexibility index (Phi) is 14.1. The Morgan fingerprint density at radius 1 is 0.818 bits per heavy atom. The fourth-order valence-electron chi connectivity index (χ4n) is 3.06. The first-order valence-electron chi connectivity index (χ1n) is 9.65. The third kappa shape index (κ3) is 10.4. The van der Waals surface area contributed by atoms with Gasteiger partial charge < -0.3 is 4.43 Å². The minimum atomic E-state index is -1.88. The SMILES string of the molecule is [CH2]CCC(=O)O[Si](CCCCC)(CCCCC)CCCCC. The van der Waals surface area contributed by atoms with Crippen LogP contribution in [0.4, 0.5) is 0 Å². The molecule has 0 rings (SSSR count). The van der Waals surface area contributed by atoms with E-state index in [9.17, 15) is 4.79 Å². The molecule has 2 nitrogen and oxygen atoms in total. The van der Waals surface area contributed by atoms with Crippen molar-refractivity contribution in [3.63, 3.8) is 0 Å². The first kappa shape index (κ1) is 21.7.